The van der Waals surface area contributed by atoms with Crippen molar-refractivity contribution in [2.24, 2.45) is 16.6 Å². The molecule has 162 valence electrons. The van der Waals surface area contributed by atoms with E-state index in [0.717, 1.165) is 29.5 Å². The number of amidine groups is 1. The number of aromatic nitrogens is 2. The molecular weight excluding hydrogens is 392 g/mol. The maximum absolute atomic E-state index is 12.8. The summed E-state index contributed by atoms with van der Waals surface area (Å²) in [5.74, 6) is 5.85. The van der Waals surface area contributed by atoms with Crippen LogP contribution in [-0.4, -0.2) is 45.0 Å². The van der Waals surface area contributed by atoms with E-state index in [9.17, 15) is 4.79 Å². The number of nitrogens with two attached hydrogens (primary N) is 2. The molecule has 0 saturated heterocycles. The number of aliphatic imine (C=N–C) groups is 1. The van der Waals surface area contributed by atoms with Crippen molar-refractivity contribution in [3.8, 4) is 0 Å². The number of anilines is 1. The topological polar surface area (TPSA) is 146 Å². The van der Waals surface area contributed by atoms with Crippen LogP contribution in [0.3, 0.4) is 0 Å². The highest BCUT2D eigenvalue weighted by Gasteiger charge is 2.20. The maximum Gasteiger partial charge on any atom is 0.275 e. The van der Waals surface area contributed by atoms with E-state index in [1.165, 1.54) is 11.2 Å². The van der Waals surface area contributed by atoms with E-state index >= 15 is 0 Å². The molecular formula is C22H28N8O. The van der Waals surface area contributed by atoms with Gasteiger partial charge in [-0.15, -0.1) is 0 Å². The molecule has 2 heterocycles. The summed E-state index contributed by atoms with van der Waals surface area (Å²) in [6, 6.07) is 7.02. The van der Waals surface area contributed by atoms with Gasteiger partial charge in [0.15, 0.2) is 5.84 Å². The minimum atomic E-state index is -0.415. The Balaban J connectivity index is 1.79. The SMILES string of the molecule is Cc1cnc(C(=O)Nc2cccc(C(=N)N(N)C(C)C)n2)cc1/C(C=NC1CC1)=C/N. The van der Waals surface area contributed by atoms with Crippen molar-refractivity contribution >= 4 is 29.3 Å². The Bertz CT molecular complexity index is 1040. The number of nitrogens with one attached hydrogen (secondary N) is 2. The molecule has 0 spiro atoms. The molecule has 0 unspecified atom stereocenters. The van der Waals surface area contributed by atoms with E-state index in [0.29, 0.717) is 17.6 Å². The van der Waals surface area contributed by atoms with Crippen molar-refractivity contribution in [1.29, 1.82) is 5.41 Å². The number of nitrogens with zero attached hydrogens (tertiary/aromatic N) is 4. The zero-order valence-electron chi connectivity index (χ0n) is 18.0. The highest BCUT2D eigenvalue weighted by molar-refractivity contribution is 6.11. The normalized spacial score (nSPS) is 14.2. The highest BCUT2D eigenvalue weighted by Crippen LogP contribution is 2.25. The largest absolute Gasteiger partial charge is 0.404 e. The van der Waals surface area contributed by atoms with Gasteiger partial charge in [0, 0.05) is 30.2 Å². The average molecular weight is 421 g/mol. The molecule has 1 aliphatic rings. The Labute approximate surface area is 181 Å². The van der Waals surface area contributed by atoms with Crippen LogP contribution in [0.5, 0.6) is 0 Å². The summed E-state index contributed by atoms with van der Waals surface area (Å²) in [5.41, 5.74) is 8.82. The molecule has 6 N–H and O–H groups in total. The van der Waals surface area contributed by atoms with Crippen molar-refractivity contribution < 1.29 is 4.79 Å². The lowest BCUT2D eigenvalue weighted by atomic mass is 10.0. The molecule has 9 nitrogen and oxygen atoms in total. The number of hydrogen-bond donors (Lipinski definition) is 4. The quantitative estimate of drug-likeness (QED) is 0.234. The number of carbonyl (C=O) groups excluding carboxylic acids is 1. The van der Waals surface area contributed by atoms with Crippen LogP contribution >= 0.6 is 0 Å². The third kappa shape index (κ3) is 5.52. The average Bonchev–Trinajstić information content (AvgIpc) is 3.58. The van der Waals surface area contributed by atoms with E-state index in [4.69, 9.17) is 17.0 Å². The molecule has 1 aliphatic carbocycles. The molecule has 1 saturated carbocycles. The van der Waals surface area contributed by atoms with E-state index in [1.807, 2.05) is 20.8 Å². The maximum atomic E-state index is 12.8. The fraction of sp³-hybridized carbons (Fsp3) is 0.318. The van der Waals surface area contributed by atoms with Gasteiger partial charge < -0.3 is 11.1 Å². The van der Waals surface area contributed by atoms with E-state index in [1.54, 1.807) is 36.7 Å². The highest BCUT2D eigenvalue weighted by atomic mass is 16.1. The number of allylic oxidation sites excluding steroid dienone is 1. The summed E-state index contributed by atoms with van der Waals surface area (Å²) in [6.45, 7) is 5.66. The molecule has 0 aliphatic heterocycles. The summed E-state index contributed by atoms with van der Waals surface area (Å²) in [6.07, 6.45) is 7.07. The standard InChI is InChI=1S/C22H28N8O/c1-13(2)30(25)21(24)18-5-4-6-20(28-18)29-22(31)19-9-17(14(3)11-27-19)15(10-23)12-26-16-7-8-16/h4-6,9-13,16,24H,7-8,23,25H2,1-3H3,(H,28,29,31)/b15-10+,24-21?,26-12?. The summed E-state index contributed by atoms with van der Waals surface area (Å²) in [7, 11) is 0. The fourth-order valence-electron chi connectivity index (χ4n) is 2.78. The van der Waals surface area contributed by atoms with Crippen molar-refractivity contribution in [3.05, 3.63) is 59.2 Å². The number of rotatable bonds is 7. The third-order valence-corrected chi connectivity index (χ3v) is 4.85. The van der Waals surface area contributed by atoms with Crippen LogP contribution in [0.2, 0.25) is 0 Å². The van der Waals surface area contributed by atoms with Gasteiger partial charge in [0.25, 0.3) is 5.91 Å². The molecule has 9 heteroatoms. The van der Waals surface area contributed by atoms with E-state index < -0.39 is 5.91 Å². The molecule has 2 aromatic heterocycles. The lowest BCUT2D eigenvalue weighted by Crippen LogP contribution is -2.43. The molecule has 0 bridgehead atoms. The minimum Gasteiger partial charge on any atom is -0.404 e. The van der Waals surface area contributed by atoms with Gasteiger partial charge in [-0.05, 0) is 62.9 Å². The Kier molecular flexibility index (Phi) is 6.76. The zero-order valence-corrected chi connectivity index (χ0v) is 18.0. The molecule has 3 rings (SSSR count). The van der Waals surface area contributed by atoms with Crippen molar-refractivity contribution in [3.63, 3.8) is 0 Å². The first-order chi connectivity index (χ1) is 14.8. The first-order valence-corrected chi connectivity index (χ1v) is 10.1. The monoisotopic (exact) mass is 420 g/mol. The summed E-state index contributed by atoms with van der Waals surface area (Å²) in [5, 5.41) is 12.2. The first-order valence-electron chi connectivity index (χ1n) is 10.1. The first kappa shape index (κ1) is 22.1. The number of aryl methyl sites for hydroxylation is 1. The van der Waals surface area contributed by atoms with Gasteiger partial charge in [-0.25, -0.2) is 10.8 Å². The lowest BCUT2D eigenvalue weighted by molar-refractivity contribution is 0.102. The van der Waals surface area contributed by atoms with Gasteiger partial charge in [0.2, 0.25) is 0 Å². The predicted molar refractivity (Wildman–Crippen MR) is 123 cm³/mol. The molecule has 1 fully saturated rings. The number of hydrazine groups is 1. The second-order valence-corrected chi connectivity index (χ2v) is 7.73. The Morgan fingerprint density at radius 3 is 2.74 bits per heavy atom. The molecule has 0 radical (unpaired) electrons. The second-order valence-electron chi connectivity index (χ2n) is 7.73. The minimum absolute atomic E-state index is 0.0593. The van der Waals surface area contributed by atoms with Crippen molar-refractivity contribution in [2.75, 3.05) is 5.32 Å². The second kappa shape index (κ2) is 9.48. The van der Waals surface area contributed by atoms with Gasteiger partial charge in [0.05, 0.1) is 6.04 Å². The molecule has 2 aromatic rings. The zero-order chi connectivity index (χ0) is 22.5. The van der Waals surface area contributed by atoms with Crippen LogP contribution in [0, 0.1) is 12.3 Å². The number of amides is 1. The van der Waals surface area contributed by atoms with Crippen molar-refractivity contribution in [1.82, 2.24) is 15.0 Å². The summed E-state index contributed by atoms with van der Waals surface area (Å²) < 4.78 is 0. The van der Waals surface area contributed by atoms with Gasteiger partial charge in [0.1, 0.15) is 17.2 Å². The Morgan fingerprint density at radius 2 is 2.10 bits per heavy atom. The van der Waals surface area contributed by atoms with Gasteiger partial charge in [-0.2, -0.15) is 0 Å². The van der Waals surface area contributed by atoms with Gasteiger partial charge in [-0.1, -0.05) is 6.07 Å². The van der Waals surface area contributed by atoms with Crippen LogP contribution in [0.25, 0.3) is 5.57 Å². The van der Waals surface area contributed by atoms with Crippen molar-refractivity contribution in [2.45, 2.75) is 45.7 Å². The van der Waals surface area contributed by atoms with E-state index in [-0.39, 0.29) is 17.6 Å². The molecule has 0 atom stereocenters. The van der Waals surface area contributed by atoms with Crippen LogP contribution in [0.15, 0.2) is 41.7 Å². The van der Waals surface area contributed by atoms with Crippen LogP contribution in [-0.2, 0) is 0 Å². The Morgan fingerprint density at radius 1 is 1.35 bits per heavy atom. The molecule has 0 aromatic carbocycles. The van der Waals surface area contributed by atoms with Crippen LogP contribution in [0.4, 0.5) is 5.82 Å². The van der Waals surface area contributed by atoms with Crippen LogP contribution in [0.1, 0.15) is 54.0 Å². The summed E-state index contributed by atoms with van der Waals surface area (Å²) >= 11 is 0. The van der Waals surface area contributed by atoms with Crippen LogP contribution < -0.4 is 16.9 Å². The number of hydrogen-bond acceptors (Lipinski definition) is 7. The van der Waals surface area contributed by atoms with Gasteiger partial charge in [-0.3, -0.25) is 25.2 Å². The predicted octanol–water partition coefficient (Wildman–Crippen LogP) is 2.48. The summed E-state index contributed by atoms with van der Waals surface area (Å²) in [4.78, 5) is 25.9. The fourth-order valence-corrected chi connectivity index (χ4v) is 2.78. The van der Waals surface area contributed by atoms with Gasteiger partial charge >= 0.3 is 0 Å². The molecule has 31 heavy (non-hydrogen) atoms. The lowest BCUT2D eigenvalue weighted by Gasteiger charge is -2.23. The van der Waals surface area contributed by atoms with E-state index in [2.05, 4.69) is 20.3 Å². The third-order valence-electron chi connectivity index (χ3n) is 4.85. The smallest absolute Gasteiger partial charge is 0.275 e. The number of pyridine rings is 2. The number of carbonyl (C=O) groups is 1. The molecule has 1 amide bonds. The Hall–Kier alpha value is -3.59.